The van der Waals surface area contributed by atoms with Crippen LogP contribution in [0.1, 0.15) is 47.7 Å². The summed E-state index contributed by atoms with van der Waals surface area (Å²) in [5.41, 5.74) is 6.66. The summed E-state index contributed by atoms with van der Waals surface area (Å²) in [6, 6.07) is 3.23. The van der Waals surface area contributed by atoms with Crippen LogP contribution in [0.5, 0.6) is 0 Å². The standard InChI is InChI=1S/C22H30N4O3S/c1-4-26-14-18(12-17(26)13-25(2)3)30(28,29)24-22(27)23-21-19-9-5-7-15(19)11-16-8-6-10-20(16)21/h11-12,14H,4-10,13H2,1-3H3,(H2,23,24,27). The molecule has 4 rings (SSSR count). The Balaban J connectivity index is 1.56. The van der Waals surface area contributed by atoms with Gasteiger partial charge in [-0.2, -0.15) is 0 Å². The van der Waals surface area contributed by atoms with Crippen molar-refractivity contribution in [2.75, 3.05) is 19.4 Å². The van der Waals surface area contributed by atoms with Crippen LogP contribution in [0.3, 0.4) is 0 Å². The highest BCUT2D eigenvalue weighted by Crippen LogP contribution is 2.38. The predicted molar refractivity (Wildman–Crippen MR) is 117 cm³/mol. The maximum atomic E-state index is 12.9. The number of carbonyl (C=O) groups excluding carboxylic acids is 1. The molecular weight excluding hydrogens is 400 g/mol. The molecule has 2 aromatic rings. The van der Waals surface area contributed by atoms with Crippen molar-refractivity contribution in [3.8, 4) is 0 Å². The number of carbonyl (C=O) groups is 1. The molecule has 0 atom stereocenters. The van der Waals surface area contributed by atoms with E-state index in [9.17, 15) is 13.2 Å². The summed E-state index contributed by atoms with van der Waals surface area (Å²) < 4.78 is 29.8. The van der Waals surface area contributed by atoms with E-state index in [0.717, 1.165) is 49.9 Å². The zero-order valence-electron chi connectivity index (χ0n) is 17.9. The molecule has 8 heteroatoms. The molecule has 2 aliphatic rings. The molecule has 30 heavy (non-hydrogen) atoms. The van der Waals surface area contributed by atoms with Gasteiger partial charge in [0, 0.05) is 30.7 Å². The summed E-state index contributed by atoms with van der Waals surface area (Å²) in [4.78, 5) is 14.8. The Morgan fingerprint density at radius 2 is 1.70 bits per heavy atom. The molecule has 0 unspecified atom stereocenters. The van der Waals surface area contributed by atoms with Crippen LogP contribution in [-0.4, -0.2) is 38.0 Å². The molecular formula is C22H30N4O3S. The topological polar surface area (TPSA) is 83.4 Å². The lowest BCUT2D eigenvalue weighted by Gasteiger charge is -2.16. The quantitative estimate of drug-likeness (QED) is 0.738. The van der Waals surface area contributed by atoms with Gasteiger partial charge in [0.25, 0.3) is 10.0 Å². The molecule has 1 heterocycles. The van der Waals surface area contributed by atoms with Gasteiger partial charge in [0.2, 0.25) is 0 Å². The lowest BCUT2D eigenvalue weighted by atomic mass is 9.99. The first-order valence-corrected chi connectivity index (χ1v) is 12.1. The van der Waals surface area contributed by atoms with Gasteiger partial charge in [-0.05, 0) is 87.9 Å². The molecule has 0 saturated carbocycles. The van der Waals surface area contributed by atoms with Gasteiger partial charge in [0.1, 0.15) is 4.90 Å². The van der Waals surface area contributed by atoms with Gasteiger partial charge in [-0.25, -0.2) is 17.9 Å². The number of hydrogen-bond donors (Lipinski definition) is 2. The molecule has 1 aromatic carbocycles. The van der Waals surface area contributed by atoms with Crippen molar-refractivity contribution in [1.82, 2.24) is 14.2 Å². The smallest absolute Gasteiger partial charge is 0.333 e. The molecule has 0 bridgehead atoms. The Kier molecular flexibility index (Phi) is 5.63. The van der Waals surface area contributed by atoms with Crippen LogP contribution in [0.2, 0.25) is 0 Å². The average molecular weight is 431 g/mol. The third-order valence-electron chi connectivity index (χ3n) is 6.03. The number of benzene rings is 1. The number of nitrogens with zero attached hydrogens (tertiary/aromatic N) is 2. The van der Waals surface area contributed by atoms with Crippen molar-refractivity contribution in [3.05, 3.63) is 46.3 Å². The van der Waals surface area contributed by atoms with Crippen molar-refractivity contribution in [2.45, 2.75) is 63.4 Å². The van der Waals surface area contributed by atoms with Crippen LogP contribution in [0.25, 0.3) is 0 Å². The van der Waals surface area contributed by atoms with Gasteiger partial charge >= 0.3 is 6.03 Å². The minimum atomic E-state index is -3.96. The number of aryl methyl sites for hydroxylation is 3. The largest absolute Gasteiger partial charge is 0.349 e. The summed E-state index contributed by atoms with van der Waals surface area (Å²) in [5.74, 6) is 0. The molecule has 2 amide bonds. The molecule has 0 spiro atoms. The van der Waals surface area contributed by atoms with Crippen molar-refractivity contribution in [3.63, 3.8) is 0 Å². The maximum Gasteiger partial charge on any atom is 0.333 e. The van der Waals surface area contributed by atoms with E-state index in [-0.39, 0.29) is 4.90 Å². The van der Waals surface area contributed by atoms with Crippen LogP contribution in [-0.2, 0) is 48.8 Å². The van der Waals surface area contributed by atoms with Crippen LogP contribution in [0.4, 0.5) is 10.5 Å². The van der Waals surface area contributed by atoms with Gasteiger partial charge < -0.3 is 14.8 Å². The number of rotatable bonds is 6. The normalized spacial score (nSPS) is 15.3. The number of aromatic nitrogens is 1. The molecule has 0 aliphatic heterocycles. The second-order valence-corrected chi connectivity index (χ2v) is 10.2. The SMILES string of the molecule is CCn1cc(S(=O)(=O)NC(=O)Nc2c3c(cc4c2CCC4)CCC3)cc1CN(C)C. The fraction of sp³-hybridized carbons (Fsp3) is 0.500. The average Bonchev–Trinajstić information content (AvgIpc) is 3.39. The van der Waals surface area contributed by atoms with Gasteiger partial charge in [0.05, 0.1) is 0 Å². The summed E-state index contributed by atoms with van der Waals surface area (Å²) in [6.07, 6.45) is 7.65. The summed E-state index contributed by atoms with van der Waals surface area (Å²) in [6.45, 7) is 3.25. The fourth-order valence-electron chi connectivity index (χ4n) is 4.71. The molecule has 0 radical (unpaired) electrons. The maximum absolute atomic E-state index is 12.9. The number of anilines is 1. The monoisotopic (exact) mass is 430 g/mol. The number of sulfonamides is 1. The van der Waals surface area contributed by atoms with Crippen molar-refractivity contribution in [1.29, 1.82) is 0 Å². The van der Waals surface area contributed by atoms with Crippen LogP contribution < -0.4 is 10.0 Å². The minimum Gasteiger partial charge on any atom is -0.349 e. The Bertz CT molecular complexity index is 1050. The van der Waals surface area contributed by atoms with Crippen molar-refractivity contribution < 1.29 is 13.2 Å². The first-order valence-electron chi connectivity index (χ1n) is 10.6. The molecule has 7 nitrogen and oxygen atoms in total. The number of urea groups is 1. The van der Waals surface area contributed by atoms with Crippen LogP contribution in [0, 0.1) is 0 Å². The molecule has 1 aromatic heterocycles. The Labute approximate surface area is 178 Å². The predicted octanol–water partition coefficient (Wildman–Crippen LogP) is 3.06. The Morgan fingerprint density at radius 3 is 2.27 bits per heavy atom. The molecule has 2 N–H and O–H groups in total. The number of amides is 2. The van der Waals surface area contributed by atoms with Gasteiger partial charge in [0.15, 0.2) is 0 Å². The van der Waals surface area contributed by atoms with E-state index < -0.39 is 16.1 Å². The number of nitrogens with one attached hydrogen (secondary N) is 2. The van der Waals surface area contributed by atoms with E-state index in [1.54, 1.807) is 12.3 Å². The number of hydrogen-bond acceptors (Lipinski definition) is 4. The van der Waals surface area contributed by atoms with Gasteiger partial charge in [-0.15, -0.1) is 0 Å². The lowest BCUT2D eigenvalue weighted by molar-refractivity contribution is 0.256. The zero-order valence-corrected chi connectivity index (χ0v) is 18.7. The fourth-order valence-corrected chi connectivity index (χ4v) is 5.68. The van der Waals surface area contributed by atoms with E-state index in [1.807, 2.05) is 30.5 Å². The first kappa shape index (κ1) is 20.9. The highest BCUT2D eigenvalue weighted by molar-refractivity contribution is 7.90. The highest BCUT2D eigenvalue weighted by atomic mass is 32.2. The molecule has 0 saturated heterocycles. The first-order chi connectivity index (χ1) is 14.3. The van der Waals surface area contributed by atoms with Crippen LogP contribution >= 0.6 is 0 Å². The molecule has 2 aliphatic carbocycles. The molecule has 0 fully saturated rings. The van der Waals surface area contributed by atoms with E-state index in [0.29, 0.717) is 13.1 Å². The third kappa shape index (κ3) is 3.98. The minimum absolute atomic E-state index is 0.111. The number of fused-ring (bicyclic) bond motifs is 2. The summed E-state index contributed by atoms with van der Waals surface area (Å²) in [5, 5.41) is 2.89. The van der Waals surface area contributed by atoms with E-state index >= 15 is 0 Å². The van der Waals surface area contributed by atoms with Gasteiger partial charge in [-0.3, -0.25) is 0 Å². The highest BCUT2D eigenvalue weighted by Gasteiger charge is 2.27. The lowest BCUT2D eigenvalue weighted by Crippen LogP contribution is -2.34. The Morgan fingerprint density at radius 1 is 1.07 bits per heavy atom. The second-order valence-electron chi connectivity index (χ2n) is 8.48. The van der Waals surface area contributed by atoms with E-state index in [2.05, 4.69) is 16.1 Å². The van der Waals surface area contributed by atoms with Crippen LogP contribution in [0.15, 0.2) is 23.2 Å². The van der Waals surface area contributed by atoms with Gasteiger partial charge in [-0.1, -0.05) is 6.07 Å². The second kappa shape index (κ2) is 8.07. The Hall–Kier alpha value is -2.32. The zero-order chi connectivity index (χ0) is 21.5. The van der Waals surface area contributed by atoms with E-state index in [4.69, 9.17) is 0 Å². The third-order valence-corrected chi connectivity index (χ3v) is 7.33. The van der Waals surface area contributed by atoms with Crippen molar-refractivity contribution in [2.24, 2.45) is 0 Å². The molecule has 162 valence electrons. The van der Waals surface area contributed by atoms with E-state index in [1.165, 1.54) is 22.3 Å². The van der Waals surface area contributed by atoms with Crippen molar-refractivity contribution >= 4 is 21.7 Å². The summed E-state index contributed by atoms with van der Waals surface area (Å²) in [7, 11) is -0.0884. The summed E-state index contributed by atoms with van der Waals surface area (Å²) >= 11 is 0.